The predicted molar refractivity (Wildman–Crippen MR) is 92.8 cm³/mol. The minimum Gasteiger partial charge on any atom is -0.494 e. The summed E-state index contributed by atoms with van der Waals surface area (Å²) in [5.41, 5.74) is 3.58. The van der Waals surface area contributed by atoms with Crippen LogP contribution in [-0.4, -0.2) is 32.0 Å². The van der Waals surface area contributed by atoms with Gasteiger partial charge in [-0.2, -0.15) is 0 Å². The molecule has 2 aromatic carbocycles. The Hall–Kier alpha value is -2.82. The molecule has 0 unspecified atom stereocenters. The van der Waals surface area contributed by atoms with E-state index in [0.29, 0.717) is 11.3 Å². The van der Waals surface area contributed by atoms with Crippen molar-refractivity contribution in [2.24, 2.45) is 0 Å². The first-order valence-corrected chi connectivity index (χ1v) is 7.61. The maximum absolute atomic E-state index is 14.1. The van der Waals surface area contributed by atoms with E-state index in [1.54, 1.807) is 11.0 Å². The highest BCUT2D eigenvalue weighted by Gasteiger charge is 2.35. The number of fused-ring (bicyclic) bond motifs is 1. The van der Waals surface area contributed by atoms with Crippen LogP contribution in [-0.2, 0) is 4.79 Å². The minimum absolute atomic E-state index is 0.152. The normalized spacial score (nSPS) is 15.4. The van der Waals surface area contributed by atoms with E-state index < -0.39 is 5.82 Å². The molecule has 0 saturated carbocycles. The number of para-hydroxylation sites is 1. The summed E-state index contributed by atoms with van der Waals surface area (Å²) >= 11 is 0. The van der Waals surface area contributed by atoms with Crippen LogP contribution in [0.5, 0.6) is 5.75 Å². The number of hydrogen-bond donors (Lipinski definition) is 0. The zero-order valence-corrected chi connectivity index (χ0v) is 14.1. The van der Waals surface area contributed by atoms with Crippen LogP contribution in [0.2, 0.25) is 0 Å². The van der Waals surface area contributed by atoms with Crippen LogP contribution >= 0.6 is 0 Å². The average Bonchev–Trinajstić information content (AvgIpc) is 2.85. The van der Waals surface area contributed by atoms with Crippen molar-refractivity contribution in [2.75, 3.05) is 26.1 Å². The molecule has 0 aromatic heterocycles. The first kappa shape index (κ1) is 16.1. The molecule has 4 nitrogen and oxygen atoms in total. The molecule has 124 valence electrons. The Labute approximate surface area is 140 Å². The van der Waals surface area contributed by atoms with Crippen molar-refractivity contribution in [1.82, 2.24) is 4.90 Å². The molecule has 1 heterocycles. The summed E-state index contributed by atoms with van der Waals surface area (Å²) in [5, 5.41) is 0. The molecule has 1 aliphatic heterocycles. The van der Waals surface area contributed by atoms with Crippen LogP contribution in [0.1, 0.15) is 12.5 Å². The van der Waals surface area contributed by atoms with Crippen molar-refractivity contribution >= 4 is 22.9 Å². The molecule has 0 fully saturated rings. The fourth-order valence-corrected chi connectivity index (χ4v) is 2.84. The summed E-state index contributed by atoms with van der Waals surface area (Å²) in [7, 11) is 5.21. The zero-order valence-electron chi connectivity index (χ0n) is 14.1. The lowest BCUT2D eigenvalue weighted by atomic mass is 10.1. The fraction of sp³-hybridized carbons (Fsp3) is 0.211. The topological polar surface area (TPSA) is 32.8 Å². The molecule has 1 aliphatic rings. The highest BCUT2D eigenvalue weighted by Crippen LogP contribution is 2.43. The van der Waals surface area contributed by atoms with Gasteiger partial charge in [-0.3, -0.25) is 9.69 Å². The fourth-order valence-electron chi connectivity index (χ4n) is 2.84. The number of carbonyl (C=O) groups excluding carboxylic acids is 1. The van der Waals surface area contributed by atoms with Gasteiger partial charge in [0, 0.05) is 31.4 Å². The third-order valence-electron chi connectivity index (χ3n) is 4.26. The maximum Gasteiger partial charge on any atom is 0.265 e. The number of benzene rings is 2. The van der Waals surface area contributed by atoms with E-state index in [1.807, 2.05) is 50.2 Å². The van der Waals surface area contributed by atoms with Gasteiger partial charge in [0.05, 0.1) is 24.1 Å². The number of hydrogen-bond acceptors (Lipinski definition) is 3. The first-order chi connectivity index (χ1) is 11.5. The van der Waals surface area contributed by atoms with Crippen LogP contribution in [0.25, 0.3) is 5.57 Å². The molecule has 0 N–H and O–H groups in total. The van der Waals surface area contributed by atoms with Crippen molar-refractivity contribution in [1.29, 1.82) is 0 Å². The molecule has 1 amide bonds. The molecule has 2 aromatic rings. The summed E-state index contributed by atoms with van der Waals surface area (Å²) in [6.45, 7) is 1.90. The van der Waals surface area contributed by atoms with E-state index in [4.69, 9.17) is 4.74 Å². The van der Waals surface area contributed by atoms with Crippen molar-refractivity contribution in [3.63, 3.8) is 0 Å². The van der Waals surface area contributed by atoms with Crippen molar-refractivity contribution in [2.45, 2.75) is 6.92 Å². The number of anilines is 2. The summed E-state index contributed by atoms with van der Waals surface area (Å²) < 4.78 is 19.1. The Kier molecular flexibility index (Phi) is 4.01. The molecule has 0 radical (unpaired) electrons. The quantitative estimate of drug-likeness (QED) is 0.804. The number of amides is 1. The lowest BCUT2D eigenvalue weighted by molar-refractivity contribution is -0.112. The van der Waals surface area contributed by atoms with Crippen molar-refractivity contribution in [3.8, 4) is 5.75 Å². The number of carbonyl (C=O) groups is 1. The molecular weight excluding hydrogens is 307 g/mol. The summed E-state index contributed by atoms with van der Waals surface area (Å²) in [6.07, 6.45) is 0. The van der Waals surface area contributed by atoms with E-state index >= 15 is 0 Å². The summed E-state index contributed by atoms with van der Waals surface area (Å²) in [4.78, 5) is 16.5. The number of methoxy groups -OCH3 is 1. The SMILES string of the molecule is COc1ccc(N2C(=O)/C(=C(/C)N(C)C)c3ccccc32)cc1F. The number of halogens is 1. The molecule has 0 aliphatic carbocycles. The number of rotatable bonds is 3. The van der Waals surface area contributed by atoms with E-state index in [9.17, 15) is 9.18 Å². The largest absolute Gasteiger partial charge is 0.494 e. The number of ether oxygens (including phenoxy) is 1. The minimum atomic E-state index is -0.498. The molecule has 3 rings (SSSR count). The van der Waals surface area contributed by atoms with Crippen LogP contribution in [0, 0.1) is 5.82 Å². The van der Waals surface area contributed by atoms with Gasteiger partial charge in [-0.1, -0.05) is 18.2 Å². The molecule has 24 heavy (non-hydrogen) atoms. The van der Waals surface area contributed by atoms with Gasteiger partial charge in [0.2, 0.25) is 0 Å². The average molecular weight is 326 g/mol. The van der Waals surface area contributed by atoms with Gasteiger partial charge in [0.1, 0.15) is 0 Å². The number of allylic oxidation sites excluding steroid dienone is 1. The smallest absolute Gasteiger partial charge is 0.265 e. The van der Waals surface area contributed by atoms with E-state index in [0.717, 1.165) is 16.9 Å². The Balaban J connectivity index is 2.19. The Morgan fingerprint density at radius 2 is 1.88 bits per heavy atom. The van der Waals surface area contributed by atoms with Crippen LogP contribution < -0.4 is 9.64 Å². The molecule has 0 spiro atoms. The van der Waals surface area contributed by atoms with Gasteiger partial charge in [-0.15, -0.1) is 0 Å². The van der Waals surface area contributed by atoms with Gasteiger partial charge >= 0.3 is 0 Å². The maximum atomic E-state index is 14.1. The van der Waals surface area contributed by atoms with Gasteiger partial charge < -0.3 is 9.64 Å². The lowest BCUT2D eigenvalue weighted by Crippen LogP contribution is -2.22. The van der Waals surface area contributed by atoms with Crippen LogP contribution in [0.15, 0.2) is 48.2 Å². The molecular formula is C19H19FN2O2. The van der Waals surface area contributed by atoms with Crippen LogP contribution in [0.4, 0.5) is 15.8 Å². The summed E-state index contributed by atoms with van der Waals surface area (Å²) in [6, 6.07) is 12.1. The lowest BCUT2D eigenvalue weighted by Gasteiger charge is -2.19. The van der Waals surface area contributed by atoms with E-state index in [1.165, 1.54) is 19.2 Å². The zero-order chi connectivity index (χ0) is 17.4. The Morgan fingerprint density at radius 3 is 2.50 bits per heavy atom. The molecule has 5 heteroatoms. The van der Waals surface area contributed by atoms with Gasteiger partial charge in [-0.25, -0.2) is 4.39 Å². The molecule has 0 atom stereocenters. The second-order valence-electron chi connectivity index (χ2n) is 5.83. The highest BCUT2D eigenvalue weighted by atomic mass is 19.1. The van der Waals surface area contributed by atoms with E-state index in [-0.39, 0.29) is 11.7 Å². The van der Waals surface area contributed by atoms with Gasteiger partial charge in [-0.05, 0) is 25.1 Å². The third-order valence-corrected chi connectivity index (χ3v) is 4.26. The second-order valence-corrected chi connectivity index (χ2v) is 5.83. The molecule has 0 bridgehead atoms. The second kappa shape index (κ2) is 6.00. The Morgan fingerprint density at radius 1 is 1.17 bits per heavy atom. The first-order valence-electron chi connectivity index (χ1n) is 7.61. The predicted octanol–water partition coefficient (Wildman–Crippen LogP) is 3.81. The van der Waals surface area contributed by atoms with Gasteiger partial charge in [0.25, 0.3) is 5.91 Å². The summed E-state index contributed by atoms with van der Waals surface area (Å²) in [5.74, 6) is -0.507. The standard InChI is InChI=1S/C19H19FN2O2/c1-12(21(2)3)18-14-7-5-6-8-16(14)22(19(18)23)13-9-10-17(24-4)15(20)11-13/h5-11H,1-4H3/b18-12-. The van der Waals surface area contributed by atoms with Gasteiger partial charge in [0.15, 0.2) is 11.6 Å². The number of nitrogens with zero attached hydrogens (tertiary/aromatic N) is 2. The van der Waals surface area contributed by atoms with E-state index in [2.05, 4.69) is 0 Å². The van der Waals surface area contributed by atoms with Crippen molar-refractivity contribution < 1.29 is 13.9 Å². The molecule has 0 saturated heterocycles. The third kappa shape index (κ3) is 2.42. The monoisotopic (exact) mass is 326 g/mol. The van der Waals surface area contributed by atoms with Crippen molar-refractivity contribution in [3.05, 3.63) is 59.5 Å². The Bertz CT molecular complexity index is 843. The van der Waals surface area contributed by atoms with Crippen LogP contribution in [0.3, 0.4) is 0 Å². The highest BCUT2D eigenvalue weighted by molar-refractivity contribution is 6.35.